The van der Waals surface area contributed by atoms with E-state index in [2.05, 4.69) is 25.8 Å². The predicted octanol–water partition coefficient (Wildman–Crippen LogP) is 0.783. The molecule has 2 heterocycles. The van der Waals surface area contributed by atoms with Crippen molar-refractivity contribution >= 4 is 6.09 Å². The second kappa shape index (κ2) is 6.43. The first-order valence-corrected chi connectivity index (χ1v) is 5.91. The molecule has 0 aromatic carbocycles. The van der Waals surface area contributed by atoms with Crippen LogP contribution in [0, 0.1) is 0 Å². The van der Waals surface area contributed by atoms with E-state index < -0.39 is 6.09 Å². The highest BCUT2D eigenvalue weighted by Gasteiger charge is 2.04. The highest BCUT2D eigenvalue weighted by Crippen LogP contribution is 2.10. The number of rotatable bonds is 6. The monoisotopic (exact) mass is 262 g/mol. The van der Waals surface area contributed by atoms with Gasteiger partial charge >= 0.3 is 6.09 Å². The zero-order chi connectivity index (χ0) is 13.5. The molecule has 0 saturated heterocycles. The predicted molar refractivity (Wildman–Crippen MR) is 66.3 cm³/mol. The van der Waals surface area contributed by atoms with Gasteiger partial charge in [-0.05, 0) is 25.0 Å². The normalized spacial score (nSPS) is 10.3. The van der Waals surface area contributed by atoms with E-state index in [0.29, 0.717) is 24.5 Å². The van der Waals surface area contributed by atoms with Crippen LogP contribution < -0.4 is 5.32 Å². The lowest BCUT2D eigenvalue weighted by atomic mass is 10.3. The van der Waals surface area contributed by atoms with Crippen LogP contribution in [0.15, 0.2) is 24.5 Å². The molecule has 2 rings (SSSR count). The van der Waals surface area contributed by atoms with Gasteiger partial charge in [-0.2, -0.15) is 5.10 Å². The van der Waals surface area contributed by atoms with E-state index in [4.69, 9.17) is 5.11 Å². The Balaban J connectivity index is 1.80. The van der Waals surface area contributed by atoms with Crippen molar-refractivity contribution in [2.45, 2.75) is 19.4 Å². The van der Waals surface area contributed by atoms with Crippen molar-refractivity contribution in [2.75, 3.05) is 6.54 Å². The topological polar surface area (TPSA) is 106 Å². The van der Waals surface area contributed by atoms with E-state index in [-0.39, 0.29) is 0 Å². The molecule has 19 heavy (non-hydrogen) atoms. The van der Waals surface area contributed by atoms with Gasteiger partial charge in [-0.1, -0.05) is 5.21 Å². The van der Waals surface area contributed by atoms with Gasteiger partial charge in [0.2, 0.25) is 0 Å². The second-order valence-electron chi connectivity index (χ2n) is 3.91. The number of hydrogen-bond donors (Lipinski definition) is 2. The van der Waals surface area contributed by atoms with Crippen LogP contribution in [0.5, 0.6) is 0 Å². The Hall–Kier alpha value is -2.51. The van der Waals surface area contributed by atoms with Crippen LogP contribution >= 0.6 is 0 Å². The molecule has 0 spiro atoms. The van der Waals surface area contributed by atoms with Crippen molar-refractivity contribution in [2.24, 2.45) is 0 Å². The molecule has 2 N–H and O–H groups in total. The van der Waals surface area contributed by atoms with Gasteiger partial charge in [-0.25, -0.2) is 4.79 Å². The molecule has 0 saturated carbocycles. The number of carboxylic acid groups (broad SMARTS) is 1. The first-order chi connectivity index (χ1) is 9.25. The Kier molecular flexibility index (Phi) is 4.38. The summed E-state index contributed by atoms with van der Waals surface area (Å²) < 4.78 is 1.71. The molecular formula is C11H14N6O2. The number of aromatic nitrogens is 5. The average Bonchev–Trinajstić information content (AvgIpc) is 2.88. The Bertz CT molecular complexity index is 527. The maximum Gasteiger partial charge on any atom is 0.404 e. The van der Waals surface area contributed by atoms with Gasteiger partial charge < -0.3 is 10.4 Å². The summed E-state index contributed by atoms with van der Waals surface area (Å²) in [5, 5.41) is 26.5. The fourth-order valence-electron chi connectivity index (χ4n) is 1.56. The van der Waals surface area contributed by atoms with Crippen LogP contribution in [-0.2, 0) is 6.54 Å². The molecule has 0 bridgehead atoms. The summed E-state index contributed by atoms with van der Waals surface area (Å²) in [6.45, 7) is 1.13. The summed E-state index contributed by atoms with van der Waals surface area (Å²) >= 11 is 0. The third kappa shape index (κ3) is 4.02. The number of nitrogens with one attached hydrogen (secondary N) is 1. The van der Waals surface area contributed by atoms with Crippen LogP contribution in [0.1, 0.15) is 12.8 Å². The van der Waals surface area contributed by atoms with Crippen molar-refractivity contribution < 1.29 is 9.90 Å². The number of aryl methyl sites for hydroxylation is 1. The van der Waals surface area contributed by atoms with E-state index in [1.807, 2.05) is 6.07 Å². The van der Waals surface area contributed by atoms with Gasteiger partial charge in [0, 0.05) is 19.3 Å². The quantitative estimate of drug-likeness (QED) is 0.745. The van der Waals surface area contributed by atoms with E-state index in [1.54, 1.807) is 23.1 Å². The smallest absolute Gasteiger partial charge is 0.404 e. The lowest BCUT2D eigenvalue weighted by Crippen LogP contribution is -2.22. The summed E-state index contributed by atoms with van der Waals surface area (Å²) in [5.74, 6) is 0. The first kappa shape index (κ1) is 12.9. The Morgan fingerprint density at radius 2 is 2.21 bits per heavy atom. The fraction of sp³-hybridized carbons (Fsp3) is 0.364. The van der Waals surface area contributed by atoms with Gasteiger partial charge in [0.05, 0.1) is 6.20 Å². The number of hydrogen-bond acceptors (Lipinski definition) is 5. The lowest BCUT2D eigenvalue weighted by molar-refractivity contribution is 0.194. The molecule has 0 radical (unpaired) electrons. The van der Waals surface area contributed by atoms with Crippen molar-refractivity contribution in [1.82, 2.24) is 30.5 Å². The highest BCUT2D eigenvalue weighted by atomic mass is 16.4. The molecule has 8 nitrogen and oxygen atoms in total. The Morgan fingerprint density at radius 3 is 2.95 bits per heavy atom. The highest BCUT2D eigenvalue weighted by molar-refractivity contribution is 5.64. The third-order valence-electron chi connectivity index (χ3n) is 2.46. The summed E-state index contributed by atoms with van der Waals surface area (Å²) in [5.41, 5.74) is 1.36. The molecular weight excluding hydrogens is 248 g/mol. The molecule has 0 unspecified atom stereocenters. The number of carbonyl (C=O) groups is 1. The van der Waals surface area contributed by atoms with Crippen LogP contribution in [0.25, 0.3) is 11.4 Å². The summed E-state index contributed by atoms with van der Waals surface area (Å²) in [6, 6.07) is 3.61. The minimum atomic E-state index is -0.995. The molecule has 8 heteroatoms. The van der Waals surface area contributed by atoms with Crippen molar-refractivity contribution in [3.05, 3.63) is 24.5 Å². The van der Waals surface area contributed by atoms with Gasteiger partial charge in [0.25, 0.3) is 0 Å². The number of unbranched alkanes of at least 4 members (excludes halogenated alkanes) is 1. The summed E-state index contributed by atoms with van der Waals surface area (Å²) in [4.78, 5) is 10.2. The maximum atomic E-state index is 10.2. The minimum Gasteiger partial charge on any atom is -0.465 e. The molecule has 0 fully saturated rings. The third-order valence-corrected chi connectivity index (χ3v) is 2.46. The van der Waals surface area contributed by atoms with Gasteiger partial charge in [-0.15, -0.1) is 10.2 Å². The molecule has 2 aromatic heterocycles. The molecule has 0 aliphatic heterocycles. The Labute approximate surface area is 109 Å². The minimum absolute atomic E-state index is 0.445. The van der Waals surface area contributed by atoms with Crippen molar-refractivity contribution in [3.63, 3.8) is 0 Å². The zero-order valence-electron chi connectivity index (χ0n) is 10.2. The van der Waals surface area contributed by atoms with Crippen molar-refractivity contribution in [1.29, 1.82) is 0 Å². The van der Waals surface area contributed by atoms with Gasteiger partial charge in [0.15, 0.2) is 0 Å². The summed E-state index contributed by atoms with van der Waals surface area (Å²) in [6.07, 6.45) is 3.99. The number of nitrogens with zero attached hydrogens (tertiary/aromatic N) is 5. The average molecular weight is 262 g/mol. The van der Waals surface area contributed by atoms with Crippen LogP contribution in [-0.4, -0.2) is 42.9 Å². The van der Waals surface area contributed by atoms with Crippen molar-refractivity contribution in [3.8, 4) is 11.4 Å². The van der Waals surface area contributed by atoms with E-state index >= 15 is 0 Å². The van der Waals surface area contributed by atoms with E-state index in [0.717, 1.165) is 12.8 Å². The zero-order valence-corrected chi connectivity index (χ0v) is 10.2. The largest absolute Gasteiger partial charge is 0.465 e. The Morgan fingerprint density at radius 1 is 1.32 bits per heavy atom. The fourth-order valence-corrected chi connectivity index (χ4v) is 1.56. The van der Waals surface area contributed by atoms with Crippen LogP contribution in [0.3, 0.4) is 0 Å². The van der Waals surface area contributed by atoms with Gasteiger partial charge in [-0.3, -0.25) is 4.68 Å². The first-order valence-electron chi connectivity index (χ1n) is 5.91. The van der Waals surface area contributed by atoms with Crippen LogP contribution in [0.4, 0.5) is 4.79 Å². The van der Waals surface area contributed by atoms with Crippen LogP contribution in [0.2, 0.25) is 0 Å². The van der Waals surface area contributed by atoms with E-state index in [9.17, 15) is 4.79 Å². The summed E-state index contributed by atoms with van der Waals surface area (Å²) in [7, 11) is 0. The SMILES string of the molecule is O=C(O)NCCCCn1cc(-c2cccnn2)nn1. The molecule has 100 valence electrons. The number of amides is 1. The molecule has 1 amide bonds. The second-order valence-corrected chi connectivity index (χ2v) is 3.91. The van der Waals surface area contributed by atoms with Gasteiger partial charge in [0.1, 0.15) is 11.4 Å². The molecule has 0 aliphatic rings. The molecule has 2 aromatic rings. The maximum absolute atomic E-state index is 10.2. The standard InChI is InChI=1S/C11H14N6O2/c18-11(19)12-5-1-2-7-17-8-10(15-16-17)9-4-3-6-13-14-9/h3-4,6,8,12H,1-2,5,7H2,(H,18,19). The lowest BCUT2D eigenvalue weighted by Gasteiger charge is -2.00. The van der Waals surface area contributed by atoms with E-state index in [1.165, 1.54) is 0 Å². The molecule has 0 atom stereocenters. The molecule has 0 aliphatic carbocycles.